The molecule has 0 aromatic carbocycles. The van der Waals surface area contributed by atoms with Crippen LogP contribution in [0.3, 0.4) is 0 Å². The smallest absolute Gasteiger partial charge is 0.394 e. The average molecular weight is 284 g/mol. The first kappa shape index (κ1) is 13.1. The van der Waals surface area contributed by atoms with Gasteiger partial charge in [0.15, 0.2) is 5.09 Å². The Morgan fingerprint density at radius 3 is 2.63 bits per heavy atom. The van der Waals surface area contributed by atoms with Gasteiger partial charge in [-0.1, -0.05) is 11.8 Å². The molecule has 0 aliphatic carbocycles. The van der Waals surface area contributed by atoms with E-state index in [2.05, 4.69) is 4.98 Å². The Bertz CT molecular complexity index is 634. The fourth-order valence-corrected chi connectivity index (χ4v) is 2.21. The summed E-state index contributed by atoms with van der Waals surface area (Å²) >= 11 is 1.17. The summed E-state index contributed by atoms with van der Waals surface area (Å²) < 4.78 is 6.31. The highest BCUT2D eigenvalue weighted by Gasteiger charge is 2.18. The van der Waals surface area contributed by atoms with E-state index in [1.54, 1.807) is 0 Å². The van der Waals surface area contributed by atoms with Crippen molar-refractivity contribution >= 4 is 23.5 Å². The second kappa shape index (κ2) is 5.10. The van der Waals surface area contributed by atoms with Crippen molar-refractivity contribution in [2.45, 2.75) is 10.8 Å². The van der Waals surface area contributed by atoms with E-state index in [9.17, 15) is 20.2 Å². The zero-order valence-electron chi connectivity index (χ0n) is 9.68. The lowest BCUT2D eigenvalue weighted by Crippen LogP contribution is -2.00. The molecule has 0 bridgehead atoms. The Labute approximate surface area is 110 Å². The molecule has 0 spiro atoms. The number of rotatable bonds is 5. The Morgan fingerprint density at radius 2 is 2.11 bits per heavy atom. The molecular formula is C9H8N4O5S. The number of nitro groups is 2. The summed E-state index contributed by atoms with van der Waals surface area (Å²) in [5, 5.41) is 21.4. The van der Waals surface area contributed by atoms with Crippen LogP contribution in [0.1, 0.15) is 5.82 Å². The molecule has 0 amide bonds. The number of hydrogen-bond donors (Lipinski definition) is 0. The van der Waals surface area contributed by atoms with Crippen molar-refractivity contribution in [3.8, 4) is 0 Å². The SMILES string of the molecule is Cn1c([N+](=O)[O-])cnc1CSc1ccc([N+](=O)[O-])o1. The summed E-state index contributed by atoms with van der Waals surface area (Å²) in [6, 6.07) is 2.73. The highest BCUT2D eigenvalue weighted by molar-refractivity contribution is 7.98. The molecule has 0 saturated carbocycles. The summed E-state index contributed by atoms with van der Waals surface area (Å²) in [5.41, 5.74) is 0. The molecule has 0 saturated heterocycles. The molecule has 2 aromatic heterocycles. The van der Waals surface area contributed by atoms with Crippen LogP contribution >= 0.6 is 11.8 Å². The van der Waals surface area contributed by atoms with Gasteiger partial charge in [0, 0.05) is 0 Å². The van der Waals surface area contributed by atoms with E-state index >= 15 is 0 Å². The van der Waals surface area contributed by atoms with Gasteiger partial charge >= 0.3 is 11.7 Å². The van der Waals surface area contributed by atoms with Crippen LogP contribution in [-0.2, 0) is 12.8 Å². The molecule has 2 heterocycles. The standard InChI is InChI=1S/C9H8N4O5S/c1-11-6(10-4-7(11)12(14)15)5-19-9-3-2-8(18-9)13(16)17/h2-4H,5H2,1H3. The fraction of sp³-hybridized carbons (Fsp3) is 0.222. The number of nitrogens with zero attached hydrogens (tertiary/aromatic N) is 4. The number of imidazole rings is 1. The highest BCUT2D eigenvalue weighted by Crippen LogP contribution is 2.28. The van der Waals surface area contributed by atoms with Gasteiger partial charge in [0.1, 0.15) is 11.1 Å². The summed E-state index contributed by atoms with van der Waals surface area (Å²) in [4.78, 5) is 23.8. The molecule has 0 N–H and O–H groups in total. The van der Waals surface area contributed by atoms with E-state index in [1.807, 2.05) is 0 Å². The zero-order valence-corrected chi connectivity index (χ0v) is 10.5. The van der Waals surface area contributed by atoms with E-state index in [0.29, 0.717) is 16.7 Å². The van der Waals surface area contributed by atoms with Crippen molar-refractivity contribution in [3.05, 3.63) is 44.4 Å². The van der Waals surface area contributed by atoms with Gasteiger partial charge in [0.25, 0.3) is 0 Å². The van der Waals surface area contributed by atoms with Crippen LogP contribution in [0.15, 0.2) is 27.8 Å². The van der Waals surface area contributed by atoms with Gasteiger partial charge in [-0.3, -0.25) is 10.1 Å². The first-order valence-electron chi connectivity index (χ1n) is 5.01. The van der Waals surface area contributed by atoms with Crippen molar-refractivity contribution in [1.29, 1.82) is 0 Å². The van der Waals surface area contributed by atoms with Crippen molar-refractivity contribution in [3.63, 3.8) is 0 Å². The molecule has 0 atom stereocenters. The van der Waals surface area contributed by atoms with Crippen LogP contribution in [-0.4, -0.2) is 19.4 Å². The number of furan rings is 1. The molecule has 0 aliphatic rings. The third-order valence-electron chi connectivity index (χ3n) is 2.34. The molecule has 10 heteroatoms. The minimum atomic E-state index is -0.629. The normalized spacial score (nSPS) is 10.6. The first-order chi connectivity index (χ1) is 8.99. The Kier molecular flexibility index (Phi) is 3.51. The van der Waals surface area contributed by atoms with Crippen molar-refractivity contribution in [2.75, 3.05) is 0 Å². The maximum atomic E-state index is 10.6. The topological polar surface area (TPSA) is 117 Å². The lowest BCUT2D eigenvalue weighted by molar-refractivity contribution is -0.403. The number of thioether (sulfide) groups is 1. The second-order valence-corrected chi connectivity index (χ2v) is 4.47. The predicted molar refractivity (Wildman–Crippen MR) is 64.8 cm³/mol. The molecule has 0 radical (unpaired) electrons. The lowest BCUT2D eigenvalue weighted by Gasteiger charge is -1.97. The minimum absolute atomic E-state index is 0.110. The second-order valence-electron chi connectivity index (χ2n) is 3.49. The van der Waals surface area contributed by atoms with Gasteiger partial charge in [0.05, 0.1) is 18.9 Å². The molecule has 0 unspecified atom stereocenters. The molecular weight excluding hydrogens is 276 g/mol. The van der Waals surface area contributed by atoms with E-state index in [4.69, 9.17) is 4.42 Å². The molecule has 0 aliphatic heterocycles. The summed E-state index contributed by atoms with van der Waals surface area (Å²) in [6.45, 7) is 0. The van der Waals surface area contributed by atoms with Gasteiger partial charge < -0.3 is 14.5 Å². The largest absolute Gasteiger partial charge is 0.434 e. The monoisotopic (exact) mass is 284 g/mol. The molecule has 19 heavy (non-hydrogen) atoms. The van der Waals surface area contributed by atoms with E-state index in [-0.39, 0.29) is 11.7 Å². The van der Waals surface area contributed by atoms with Crippen LogP contribution in [0.2, 0.25) is 0 Å². The number of aromatic nitrogens is 2. The highest BCUT2D eigenvalue weighted by atomic mass is 32.2. The summed E-state index contributed by atoms with van der Waals surface area (Å²) in [6.07, 6.45) is 1.17. The average Bonchev–Trinajstić information content (AvgIpc) is 2.93. The third kappa shape index (κ3) is 2.73. The molecule has 2 rings (SSSR count). The van der Waals surface area contributed by atoms with Crippen LogP contribution in [0.25, 0.3) is 0 Å². The molecule has 9 nitrogen and oxygen atoms in total. The van der Waals surface area contributed by atoms with Crippen LogP contribution in [0, 0.1) is 20.2 Å². The summed E-state index contributed by atoms with van der Waals surface area (Å²) in [7, 11) is 1.53. The molecule has 2 aromatic rings. The Hall–Kier alpha value is -2.36. The van der Waals surface area contributed by atoms with Gasteiger partial charge in [-0.05, 0) is 11.0 Å². The third-order valence-corrected chi connectivity index (χ3v) is 3.24. The zero-order chi connectivity index (χ0) is 14.0. The van der Waals surface area contributed by atoms with Crippen molar-refractivity contribution in [1.82, 2.24) is 9.55 Å². The van der Waals surface area contributed by atoms with Crippen LogP contribution < -0.4 is 0 Å². The van der Waals surface area contributed by atoms with E-state index in [1.165, 1.54) is 41.7 Å². The Balaban J connectivity index is 2.06. The van der Waals surface area contributed by atoms with Crippen LogP contribution in [0.4, 0.5) is 11.7 Å². The molecule has 100 valence electrons. The predicted octanol–water partition coefficient (Wildman–Crippen LogP) is 2.12. The first-order valence-corrected chi connectivity index (χ1v) is 5.99. The quantitative estimate of drug-likeness (QED) is 0.468. The van der Waals surface area contributed by atoms with E-state index < -0.39 is 9.85 Å². The van der Waals surface area contributed by atoms with Gasteiger partial charge in [-0.15, -0.1) is 0 Å². The number of hydrogen-bond acceptors (Lipinski definition) is 7. The maximum absolute atomic E-state index is 10.6. The van der Waals surface area contributed by atoms with Crippen LogP contribution in [0.5, 0.6) is 0 Å². The van der Waals surface area contributed by atoms with Crippen molar-refractivity contribution in [2.24, 2.45) is 7.05 Å². The summed E-state index contributed by atoms with van der Waals surface area (Å²) in [5.74, 6) is 0.347. The minimum Gasteiger partial charge on any atom is -0.394 e. The van der Waals surface area contributed by atoms with Gasteiger partial charge in [-0.2, -0.15) is 0 Å². The van der Waals surface area contributed by atoms with Crippen molar-refractivity contribution < 1.29 is 14.3 Å². The maximum Gasteiger partial charge on any atom is 0.434 e. The molecule has 0 fully saturated rings. The van der Waals surface area contributed by atoms with E-state index in [0.717, 1.165) is 0 Å². The Morgan fingerprint density at radius 1 is 1.37 bits per heavy atom. The fourth-order valence-electron chi connectivity index (χ4n) is 1.36. The van der Waals surface area contributed by atoms with Gasteiger partial charge in [0.2, 0.25) is 5.82 Å². The lowest BCUT2D eigenvalue weighted by atomic mass is 10.6. The van der Waals surface area contributed by atoms with Gasteiger partial charge in [-0.25, -0.2) is 9.55 Å².